The fraction of sp³-hybridized carbons (Fsp3) is 0.917. The van der Waals surface area contributed by atoms with E-state index in [0.29, 0.717) is 12.8 Å². The van der Waals surface area contributed by atoms with Crippen molar-refractivity contribution >= 4 is 5.91 Å². The third-order valence-electron chi connectivity index (χ3n) is 3.44. The van der Waals surface area contributed by atoms with Crippen LogP contribution in [0.4, 0.5) is 13.2 Å². The van der Waals surface area contributed by atoms with Gasteiger partial charge in [-0.3, -0.25) is 4.79 Å². The van der Waals surface area contributed by atoms with Gasteiger partial charge in [0.15, 0.2) is 0 Å². The minimum absolute atomic E-state index is 0.0920. The first-order valence-electron chi connectivity index (χ1n) is 6.35. The molecule has 1 rings (SSSR count). The van der Waals surface area contributed by atoms with Gasteiger partial charge < -0.3 is 15.2 Å². The lowest BCUT2D eigenvalue weighted by Crippen LogP contribution is -2.45. The number of aliphatic hydroxyl groups excluding tert-OH is 1. The number of nitrogens with one attached hydrogen (secondary N) is 1. The Kier molecular flexibility index (Phi) is 6.06. The number of alkyl halides is 3. The van der Waals surface area contributed by atoms with Gasteiger partial charge in [0.1, 0.15) is 0 Å². The van der Waals surface area contributed by atoms with E-state index in [-0.39, 0.29) is 26.1 Å². The molecule has 4 nitrogen and oxygen atoms in total. The SMILES string of the molecule is COCC(CO)NC(=O)C1CCCC(C(F)(F)F)C1. The Morgan fingerprint density at radius 3 is 2.68 bits per heavy atom. The van der Waals surface area contributed by atoms with Gasteiger partial charge in [0.2, 0.25) is 5.91 Å². The second-order valence-electron chi connectivity index (χ2n) is 4.95. The molecule has 1 saturated carbocycles. The van der Waals surface area contributed by atoms with Crippen molar-refractivity contribution < 1.29 is 27.8 Å². The summed E-state index contributed by atoms with van der Waals surface area (Å²) in [5, 5.41) is 11.5. The Balaban J connectivity index is 2.52. The van der Waals surface area contributed by atoms with Gasteiger partial charge in [-0.2, -0.15) is 13.2 Å². The molecule has 0 radical (unpaired) electrons. The van der Waals surface area contributed by atoms with E-state index in [0.717, 1.165) is 0 Å². The van der Waals surface area contributed by atoms with Crippen molar-refractivity contribution in [2.45, 2.75) is 37.9 Å². The molecule has 0 saturated heterocycles. The molecule has 0 aromatic heterocycles. The molecule has 0 aromatic carbocycles. The van der Waals surface area contributed by atoms with E-state index in [4.69, 9.17) is 9.84 Å². The highest BCUT2D eigenvalue weighted by Gasteiger charge is 2.43. The standard InChI is InChI=1S/C12H20F3NO3/c1-19-7-10(6-17)16-11(18)8-3-2-4-9(5-8)12(13,14)15/h8-10,17H,2-7H2,1H3,(H,16,18). The van der Waals surface area contributed by atoms with Crippen molar-refractivity contribution in [3.8, 4) is 0 Å². The summed E-state index contributed by atoms with van der Waals surface area (Å²) in [4.78, 5) is 11.9. The maximum atomic E-state index is 12.6. The lowest BCUT2D eigenvalue weighted by molar-refractivity contribution is -0.186. The van der Waals surface area contributed by atoms with Crippen molar-refractivity contribution in [1.29, 1.82) is 0 Å². The molecule has 1 amide bonds. The molecule has 0 aromatic rings. The molecule has 0 bridgehead atoms. The predicted molar refractivity (Wildman–Crippen MR) is 62.4 cm³/mol. The first kappa shape index (κ1) is 16.2. The molecule has 1 fully saturated rings. The largest absolute Gasteiger partial charge is 0.394 e. The predicted octanol–water partition coefficient (Wildman–Crippen LogP) is 1.48. The number of halogens is 3. The van der Waals surface area contributed by atoms with E-state index in [9.17, 15) is 18.0 Å². The van der Waals surface area contributed by atoms with E-state index in [1.54, 1.807) is 0 Å². The zero-order chi connectivity index (χ0) is 14.5. The molecule has 3 unspecified atom stereocenters. The molecule has 7 heteroatoms. The highest BCUT2D eigenvalue weighted by atomic mass is 19.4. The highest BCUT2D eigenvalue weighted by Crippen LogP contribution is 2.39. The zero-order valence-corrected chi connectivity index (χ0v) is 10.9. The monoisotopic (exact) mass is 283 g/mol. The van der Waals surface area contributed by atoms with Crippen molar-refractivity contribution in [1.82, 2.24) is 5.32 Å². The quantitative estimate of drug-likeness (QED) is 0.803. The maximum absolute atomic E-state index is 12.6. The fourth-order valence-electron chi connectivity index (χ4n) is 2.39. The molecule has 0 heterocycles. The van der Waals surface area contributed by atoms with Crippen LogP contribution in [0.15, 0.2) is 0 Å². The van der Waals surface area contributed by atoms with Crippen molar-refractivity contribution in [3.63, 3.8) is 0 Å². The second kappa shape index (κ2) is 7.09. The van der Waals surface area contributed by atoms with E-state index in [1.165, 1.54) is 7.11 Å². The van der Waals surface area contributed by atoms with Gasteiger partial charge in [-0.15, -0.1) is 0 Å². The molecule has 2 N–H and O–H groups in total. The second-order valence-corrected chi connectivity index (χ2v) is 4.95. The number of hydrogen-bond acceptors (Lipinski definition) is 3. The van der Waals surface area contributed by atoms with Gasteiger partial charge in [-0.25, -0.2) is 0 Å². The van der Waals surface area contributed by atoms with E-state index in [2.05, 4.69) is 5.32 Å². The number of amides is 1. The molecule has 0 spiro atoms. The van der Waals surface area contributed by atoms with Gasteiger partial charge in [-0.1, -0.05) is 6.42 Å². The van der Waals surface area contributed by atoms with Crippen LogP contribution in [0.2, 0.25) is 0 Å². The number of rotatable bonds is 5. The Bertz CT molecular complexity index is 296. The van der Waals surface area contributed by atoms with Gasteiger partial charge >= 0.3 is 6.18 Å². The molecule has 112 valence electrons. The lowest BCUT2D eigenvalue weighted by atomic mass is 9.80. The molecule has 19 heavy (non-hydrogen) atoms. The van der Waals surface area contributed by atoms with Crippen LogP contribution in [-0.4, -0.2) is 43.6 Å². The highest BCUT2D eigenvalue weighted by molar-refractivity contribution is 5.79. The fourth-order valence-corrected chi connectivity index (χ4v) is 2.39. The normalized spacial score (nSPS) is 25.9. The first-order chi connectivity index (χ1) is 8.88. The van der Waals surface area contributed by atoms with Crippen LogP contribution in [-0.2, 0) is 9.53 Å². The molecular formula is C12H20F3NO3. The lowest BCUT2D eigenvalue weighted by Gasteiger charge is -2.30. The van der Waals surface area contributed by atoms with Gasteiger partial charge in [-0.05, 0) is 19.3 Å². The molecule has 0 aliphatic heterocycles. The van der Waals surface area contributed by atoms with Crippen LogP contribution in [0.3, 0.4) is 0 Å². The van der Waals surface area contributed by atoms with Crippen molar-refractivity contribution in [2.24, 2.45) is 11.8 Å². The summed E-state index contributed by atoms with van der Waals surface area (Å²) in [6.45, 7) is -0.160. The van der Waals surface area contributed by atoms with E-state index >= 15 is 0 Å². The smallest absolute Gasteiger partial charge is 0.391 e. The van der Waals surface area contributed by atoms with E-state index < -0.39 is 30.0 Å². The topological polar surface area (TPSA) is 58.6 Å². The molecule has 3 atom stereocenters. The number of carbonyl (C=O) groups excluding carboxylic acids is 1. The van der Waals surface area contributed by atoms with Crippen LogP contribution in [0.1, 0.15) is 25.7 Å². The Morgan fingerprint density at radius 2 is 2.16 bits per heavy atom. The third kappa shape index (κ3) is 4.99. The van der Waals surface area contributed by atoms with Crippen molar-refractivity contribution in [3.05, 3.63) is 0 Å². The van der Waals surface area contributed by atoms with Crippen LogP contribution in [0.5, 0.6) is 0 Å². The number of ether oxygens (including phenoxy) is 1. The first-order valence-corrected chi connectivity index (χ1v) is 6.35. The Hall–Kier alpha value is -0.820. The summed E-state index contributed by atoms with van der Waals surface area (Å²) >= 11 is 0. The Labute approximate surface area is 110 Å². The molecular weight excluding hydrogens is 263 g/mol. The van der Waals surface area contributed by atoms with Crippen LogP contribution < -0.4 is 5.32 Å². The number of carbonyl (C=O) groups is 1. The summed E-state index contributed by atoms with van der Waals surface area (Å²) < 4.78 is 42.7. The van der Waals surface area contributed by atoms with Gasteiger partial charge in [0.05, 0.1) is 25.2 Å². The van der Waals surface area contributed by atoms with Crippen LogP contribution >= 0.6 is 0 Å². The number of hydrogen-bond donors (Lipinski definition) is 2. The minimum Gasteiger partial charge on any atom is -0.394 e. The average Bonchev–Trinajstić information content (AvgIpc) is 2.37. The van der Waals surface area contributed by atoms with Gasteiger partial charge in [0.25, 0.3) is 0 Å². The van der Waals surface area contributed by atoms with Crippen molar-refractivity contribution in [2.75, 3.05) is 20.3 Å². The minimum atomic E-state index is -4.23. The Morgan fingerprint density at radius 1 is 1.47 bits per heavy atom. The summed E-state index contributed by atoms with van der Waals surface area (Å²) in [5.74, 6) is -2.46. The summed E-state index contributed by atoms with van der Waals surface area (Å²) in [5.41, 5.74) is 0. The summed E-state index contributed by atoms with van der Waals surface area (Å²) in [6.07, 6.45) is -3.45. The summed E-state index contributed by atoms with van der Waals surface area (Å²) in [7, 11) is 1.43. The molecule has 1 aliphatic rings. The maximum Gasteiger partial charge on any atom is 0.391 e. The van der Waals surface area contributed by atoms with E-state index in [1.807, 2.05) is 0 Å². The summed E-state index contributed by atoms with van der Waals surface area (Å²) in [6, 6.07) is -0.566. The number of aliphatic hydroxyl groups is 1. The molecule has 1 aliphatic carbocycles. The number of methoxy groups -OCH3 is 1. The zero-order valence-electron chi connectivity index (χ0n) is 10.9. The average molecular weight is 283 g/mol. The van der Waals surface area contributed by atoms with Crippen LogP contribution in [0.25, 0.3) is 0 Å². The van der Waals surface area contributed by atoms with Crippen LogP contribution in [0, 0.1) is 11.8 Å². The van der Waals surface area contributed by atoms with Gasteiger partial charge in [0, 0.05) is 13.0 Å². The third-order valence-corrected chi connectivity index (χ3v) is 3.44.